The number of aromatic nitrogens is 2. The Morgan fingerprint density at radius 1 is 1.69 bits per heavy atom. The number of carbonyl (C=O) groups is 1. The third kappa shape index (κ3) is 2.09. The van der Waals surface area contributed by atoms with Crippen LogP contribution in [0, 0.1) is 0 Å². The summed E-state index contributed by atoms with van der Waals surface area (Å²) in [4.78, 5) is 11.2. The van der Waals surface area contributed by atoms with Crippen molar-refractivity contribution in [2.75, 3.05) is 6.54 Å². The predicted octanol–water partition coefficient (Wildman–Crippen LogP) is 0.817. The van der Waals surface area contributed by atoms with Crippen molar-refractivity contribution >= 4 is 5.91 Å². The second-order valence-electron chi connectivity index (χ2n) is 4.14. The molecule has 0 saturated carbocycles. The molecule has 0 unspecified atom stereocenters. The fraction of sp³-hybridized carbons (Fsp3) is 0.636. The highest BCUT2D eigenvalue weighted by Crippen LogP contribution is 2.22. The average Bonchev–Trinajstić information content (AvgIpc) is 2.74. The third-order valence-corrected chi connectivity index (χ3v) is 3.02. The van der Waals surface area contributed by atoms with Crippen LogP contribution in [0.25, 0.3) is 0 Å². The largest absolute Gasteiger partial charge is 0.364 e. The van der Waals surface area contributed by atoms with E-state index in [-0.39, 0.29) is 6.04 Å². The maximum atomic E-state index is 11.2. The summed E-state index contributed by atoms with van der Waals surface area (Å²) in [6, 6.07) is 2.09. The monoisotopic (exact) mass is 222 g/mol. The summed E-state index contributed by atoms with van der Waals surface area (Å²) in [6.07, 6.45) is 3.51. The molecule has 0 spiro atoms. The number of primary amides is 1. The molecule has 0 aromatic carbocycles. The Balaban J connectivity index is 2.24. The van der Waals surface area contributed by atoms with Crippen molar-refractivity contribution in [3.05, 3.63) is 17.5 Å². The minimum atomic E-state index is -0.406. The van der Waals surface area contributed by atoms with Crippen LogP contribution in [0.5, 0.6) is 0 Å². The van der Waals surface area contributed by atoms with Crippen LogP contribution >= 0.6 is 0 Å². The average molecular weight is 222 g/mol. The molecule has 1 aliphatic heterocycles. The summed E-state index contributed by atoms with van der Waals surface area (Å²) in [6.45, 7) is 3.65. The molecule has 1 aromatic heterocycles. The quantitative estimate of drug-likeness (QED) is 0.795. The van der Waals surface area contributed by atoms with E-state index in [1.165, 1.54) is 12.8 Å². The summed E-state index contributed by atoms with van der Waals surface area (Å²) in [5.41, 5.74) is 6.76. The molecule has 1 saturated heterocycles. The minimum absolute atomic E-state index is 0.277. The van der Waals surface area contributed by atoms with Gasteiger partial charge < -0.3 is 11.1 Å². The Labute approximate surface area is 95.0 Å². The van der Waals surface area contributed by atoms with Crippen LogP contribution in [0.3, 0.4) is 0 Å². The molecule has 88 valence electrons. The molecule has 3 N–H and O–H groups in total. The van der Waals surface area contributed by atoms with Gasteiger partial charge in [0, 0.05) is 6.54 Å². The molecule has 16 heavy (non-hydrogen) atoms. The number of aryl methyl sites for hydroxylation is 1. The number of hydrogen-bond donors (Lipinski definition) is 2. The molecule has 1 aliphatic rings. The van der Waals surface area contributed by atoms with Crippen LogP contribution < -0.4 is 11.1 Å². The molecule has 0 aliphatic carbocycles. The normalized spacial score (nSPS) is 20.9. The van der Waals surface area contributed by atoms with E-state index in [9.17, 15) is 4.79 Å². The van der Waals surface area contributed by atoms with E-state index in [0.29, 0.717) is 12.2 Å². The van der Waals surface area contributed by atoms with E-state index in [1.54, 1.807) is 4.68 Å². The summed E-state index contributed by atoms with van der Waals surface area (Å²) < 4.78 is 1.67. The minimum Gasteiger partial charge on any atom is -0.364 e. The summed E-state index contributed by atoms with van der Waals surface area (Å²) in [5.74, 6) is -0.406. The number of rotatable bonds is 3. The van der Waals surface area contributed by atoms with Gasteiger partial charge in [0.15, 0.2) is 0 Å². The molecule has 0 radical (unpaired) electrons. The zero-order valence-electron chi connectivity index (χ0n) is 9.57. The van der Waals surface area contributed by atoms with Crippen LogP contribution in [-0.2, 0) is 6.54 Å². The Morgan fingerprint density at radius 3 is 3.00 bits per heavy atom. The fourth-order valence-electron chi connectivity index (χ4n) is 2.15. The van der Waals surface area contributed by atoms with Crippen LogP contribution in [0.2, 0.25) is 0 Å². The highest BCUT2D eigenvalue weighted by Gasteiger charge is 2.20. The lowest BCUT2D eigenvalue weighted by Gasteiger charge is -2.21. The molecule has 1 atom stereocenters. The number of hydrogen-bond acceptors (Lipinski definition) is 3. The van der Waals surface area contributed by atoms with Gasteiger partial charge in [-0.15, -0.1) is 0 Å². The van der Waals surface area contributed by atoms with Gasteiger partial charge in [0.2, 0.25) is 0 Å². The molecule has 5 heteroatoms. The van der Waals surface area contributed by atoms with E-state index >= 15 is 0 Å². The van der Waals surface area contributed by atoms with Crippen molar-refractivity contribution in [2.24, 2.45) is 5.73 Å². The van der Waals surface area contributed by atoms with Crippen molar-refractivity contribution in [1.82, 2.24) is 15.1 Å². The van der Waals surface area contributed by atoms with Crippen LogP contribution in [-0.4, -0.2) is 22.2 Å². The first-order valence-corrected chi connectivity index (χ1v) is 5.83. The van der Waals surface area contributed by atoms with Gasteiger partial charge in [0.1, 0.15) is 5.69 Å². The van der Waals surface area contributed by atoms with Gasteiger partial charge in [-0.3, -0.25) is 9.48 Å². The summed E-state index contributed by atoms with van der Waals surface area (Å²) >= 11 is 0. The van der Waals surface area contributed by atoms with Crippen molar-refractivity contribution in [1.29, 1.82) is 0 Å². The summed E-state index contributed by atoms with van der Waals surface area (Å²) in [5, 5.41) is 7.84. The topological polar surface area (TPSA) is 72.9 Å². The zero-order chi connectivity index (χ0) is 11.5. The van der Waals surface area contributed by atoms with E-state index in [0.717, 1.165) is 18.7 Å². The second-order valence-corrected chi connectivity index (χ2v) is 4.14. The van der Waals surface area contributed by atoms with Gasteiger partial charge in [-0.1, -0.05) is 6.42 Å². The molecular weight excluding hydrogens is 204 g/mol. The number of nitrogens with two attached hydrogens (primary N) is 1. The van der Waals surface area contributed by atoms with Crippen molar-refractivity contribution < 1.29 is 4.79 Å². The molecule has 5 nitrogen and oxygen atoms in total. The van der Waals surface area contributed by atoms with Gasteiger partial charge in [-0.05, 0) is 32.4 Å². The molecule has 2 heterocycles. The SMILES string of the molecule is CCn1nc([C@H]2CCCCN2)cc1C(N)=O. The van der Waals surface area contributed by atoms with E-state index in [1.807, 2.05) is 13.0 Å². The number of carbonyl (C=O) groups excluding carboxylic acids is 1. The molecule has 1 aromatic rings. The molecule has 2 rings (SSSR count). The van der Waals surface area contributed by atoms with Gasteiger partial charge in [0.25, 0.3) is 5.91 Å². The van der Waals surface area contributed by atoms with Gasteiger partial charge in [-0.25, -0.2) is 0 Å². The first-order chi connectivity index (χ1) is 7.72. The highest BCUT2D eigenvalue weighted by atomic mass is 16.1. The Bertz CT molecular complexity index is 379. The highest BCUT2D eigenvalue weighted by molar-refractivity contribution is 5.91. The lowest BCUT2D eigenvalue weighted by atomic mass is 10.0. The maximum Gasteiger partial charge on any atom is 0.266 e. The fourth-order valence-corrected chi connectivity index (χ4v) is 2.15. The smallest absolute Gasteiger partial charge is 0.266 e. The third-order valence-electron chi connectivity index (χ3n) is 3.02. The van der Waals surface area contributed by atoms with E-state index < -0.39 is 5.91 Å². The first kappa shape index (κ1) is 11.1. The standard InChI is InChI=1S/C11H18N4O/c1-2-15-10(11(12)16)7-9(14-15)8-5-3-4-6-13-8/h7-8,13H,2-6H2,1H3,(H2,12,16)/t8-/m1/s1. The molecule has 1 amide bonds. The Morgan fingerprint density at radius 2 is 2.50 bits per heavy atom. The predicted molar refractivity (Wildman–Crippen MR) is 61.0 cm³/mol. The van der Waals surface area contributed by atoms with Crippen LogP contribution in [0.1, 0.15) is 48.4 Å². The molecular formula is C11H18N4O. The first-order valence-electron chi connectivity index (χ1n) is 5.83. The number of amides is 1. The number of piperidine rings is 1. The Kier molecular flexibility index (Phi) is 3.24. The van der Waals surface area contributed by atoms with Crippen molar-refractivity contribution in [3.63, 3.8) is 0 Å². The number of nitrogens with one attached hydrogen (secondary N) is 1. The zero-order valence-corrected chi connectivity index (χ0v) is 9.57. The molecule has 0 bridgehead atoms. The van der Waals surface area contributed by atoms with Crippen molar-refractivity contribution in [2.45, 2.75) is 38.8 Å². The second kappa shape index (κ2) is 4.65. The Hall–Kier alpha value is -1.36. The van der Waals surface area contributed by atoms with Crippen LogP contribution in [0.15, 0.2) is 6.07 Å². The van der Waals surface area contributed by atoms with Crippen molar-refractivity contribution in [3.8, 4) is 0 Å². The summed E-state index contributed by atoms with van der Waals surface area (Å²) in [7, 11) is 0. The van der Waals surface area contributed by atoms with Gasteiger partial charge >= 0.3 is 0 Å². The lowest BCUT2D eigenvalue weighted by Crippen LogP contribution is -2.27. The van der Waals surface area contributed by atoms with Gasteiger partial charge in [0.05, 0.1) is 11.7 Å². The number of nitrogens with zero attached hydrogens (tertiary/aromatic N) is 2. The van der Waals surface area contributed by atoms with E-state index in [4.69, 9.17) is 5.73 Å². The molecule has 1 fully saturated rings. The maximum absolute atomic E-state index is 11.2. The van der Waals surface area contributed by atoms with Gasteiger partial charge in [-0.2, -0.15) is 5.10 Å². The van der Waals surface area contributed by atoms with Crippen LogP contribution in [0.4, 0.5) is 0 Å². The van der Waals surface area contributed by atoms with E-state index in [2.05, 4.69) is 10.4 Å². The lowest BCUT2D eigenvalue weighted by molar-refractivity contribution is 0.0990.